The lowest BCUT2D eigenvalue weighted by molar-refractivity contribution is 0.357. The van der Waals surface area contributed by atoms with Crippen LogP contribution in [0.2, 0.25) is 0 Å². The Morgan fingerprint density at radius 2 is 1.92 bits per heavy atom. The Hall–Kier alpha value is -1.72. The second kappa shape index (κ2) is 8.78. The fraction of sp³-hybridized carbons (Fsp3) is 0.524. The number of aryl methyl sites for hydroxylation is 2. The van der Waals surface area contributed by atoms with Crippen LogP contribution in [0.15, 0.2) is 18.2 Å². The molecule has 0 fully saturated rings. The molecule has 1 aromatic carbocycles. The average molecular weight is 374 g/mol. The molecule has 1 heterocycles. The van der Waals surface area contributed by atoms with Crippen molar-refractivity contribution in [1.29, 1.82) is 0 Å². The maximum absolute atomic E-state index is 6.00. The van der Waals surface area contributed by atoms with Gasteiger partial charge in [0.1, 0.15) is 5.75 Å². The van der Waals surface area contributed by atoms with Gasteiger partial charge in [0.25, 0.3) is 5.19 Å². The molecule has 0 aliphatic heterocycles. The number of likely N-dealkylation sites (N-methyl/N-ethyl adjacent to an activating group) is 1. The van der Waals surface area contributed by atoms with Crippen LogP contribution in [-0.2, 0) is 6.42 Å². The van der Waals surface area contributed by atoms with E-state index in [1.54, 1.807) is 0 Å². The van der Waals surface area contributed by atoms with E-state index < -0.39 is 0 Å². The summed E-state index contributed by atoms with van der Waals surface area (Å²) in [5.41, 5.74) is 3.88. The zero-order valence-electron chi connectivity index (χ0n) is 17.1. The molecule has 0 unspecified atom stereocenters. The molecule has 0 amide bonds. The first-order valence-corrected chi connectivity index (χ1v) is 9.94. The minimum atomic E-state index is 0.113. The molecule has 4 nitrogen and oxygen atoms in total. The summed E-state index contributed by atoms with van der Waals surface area (Å²) < 4.78 is 10.4. The van der Waals surface area contributed by atoms with Crippen LogP contribution < -0.4 is 4.74 Å². The van der Waals surface area contributed by atoms with Gasteiger partial charge >= 0.3 is 0 Å². The van der Waals surface area contributed by atoms with Crippen molar-refractivity contribution in [1.82, 2.24) is 14.3 Å². The number of hydrogen-bond donors (Lipinski definition) is 0. The molecule has 26 heavy (non-hydrogen) atoms. The van der Waals surface area contributed by atoms with Gasteiger partial charge in [-0.3, -0.25) is 0 Å². The Bertz CT molecular complexity index is 759. The molecule has 0 atom stereocenters. The Kier molecular flexibility index (Phi) is 6.95. The van der Waals surface area contributed by atoms with Gasteiger partial charge in [-0.1, -0.05) is 39.8 Å². The smallest absolute Gasteiger partial charge is 0.299 e. The molecule has 0 saturated carbocycles. The van der Waals surface area contributed by atoms with E-state index in [1.807, 2.05) is 6.08 Å². The van der Waals surface area contributed by atoms with Crippen molar-refractivity contribution >= 4 is 17.6 Å². The lowest BCUT2D eigenvalue weighted by Crippen LogP contribution is -2.20. The average Bonchev–Trinajstić information content (AvgIpc) is 3.01. The predicted octanol–water partition coefficient (Wildman–Crippen LogP) is 5.50. The van der Waals surface area contributed by atoms with Crippen LogP contribution in [0.4, 0.5) is 0 Å². The second-order valence-corrected chi connectivity index (χ2v) is 8.62. The third-order valence-electron chi connectivity index (χ3n) is 4.29. The molecular formula is C21H31N3OS. The highest BCUT2D eigenvalue weighted by atomic mass is 32.1. The van der Waals surface area contributed by atoms with Crippen molar-refractivity contribution in [2.45, 2.75) is 48.0 Å². The first-order chi connectivity index (χ1) is 12.2. The quantitative estimate of drug-likeness (QED) is 0.642. The molecule has 0 N–H and O–H groups in total. The molecule has 0 spiro atoms. The minimum Gasteiger partial charge on any atom is -0.430 e. The monoisotopic (exact) mass is 373 g/mol. The van der Waals surface area contributed by atoms with Crippen molar-refractivity contribution in [3.63, 3.8) is 0 Å². The molecule has 1 aromatic heterocycles. The molecule has 0 bridgehead atoms. The van der Waals surface area contributed by atoms with E-state index >= 15 is 0 Å². The predicted molar refractivity (Wildman–Crippen MR) is 111 cm³/mol. The fourth-order valence-corrected chi connectivity index (χ4v) is 2.98. The topological polar surface area (TPSA) is 38.2 Å². The van der Waals surface area contributed by atoms with E-state index in [9.17, 15) is 0 Å². The van der Waals surface area contributed by atoms with E-state index in [0.29, 0.717) is 11.0 Å². The first-order valence-electron chi connectivity index (χ1n) is 9.17. The number of ether oxygens (including phenoxy) is 1. The summed E-state index contributed by atoms with van der Waals surface area (Å²) >= 11 is 1.29. The normalized spacial score (nSPS) is 12.3. The van der Waals surface area contributed by atoms with Crippen molar-refractivity contribution in [2.24, 2.45) is 5.41 Å². The maximum atomic E-state index is 6.00. The number of hydrogen-bond acceptors (Lipinski definition) is 5. The lowest BCUT2D eigenvalue weighted by atomic mass is 9.96. The van der Waals surface area contributed by atoms with Gasteiger partial charge in [0.2, 0.25) is 0 Å². The third kappa shape index (κ3) is 6.22. The van der Waals surface area contributed by atoms with Crippen LogP contribution in [0.25, 0.3) is 6.08 Å². The summed E-state index contributed by atoms with van der Waals surface area (Å²) in [5, 5.41) is 0.583. The number of benzene rings is 1. The molecule has 2 rings (SSSR count). The minimum absolute atomic E-state index is 0.113. The Morgan fingerprint density at radius 1 is 1.19 bits per heavy atom. The fourth-order valence-electron chi connectivity index (χ4n) is 2.45. The largest absolute Gasteiger partial charge is 0.430 e. The van der Waals surface area contributed by atoms with E-state index in [0.717, 1.165) is 30.8 Å². The molecule has 0 aliphatic rings. The van der Waals surface area contributed by atoms with E-state index in [2.05, 4.69) is 81.1 Å². The Labute approximate surface area is 162 Å². The summed E-state index contributed by atoms with van der Waals surface area (Å²) in [6.45, 7) is 15.0. The van der Waals surface area contributed by atoms with Crippen LogP contribution >= 0.6 is 11.5 Å². The number of allylic oxidation sites excluding steroid dienone is 1. The zero-order valence-corrected chi connectivity index (χ0v) is 17.9. The van der Waals surface area contributed by atoms with Crippen LogP contribution in [-0.4, -0.2) is 34.4 Å². The molecule has 0 radical (unpaired) electrons. The summed E-state index contributed by atoms with van der Waals surface area (Å²) in [6, 6.07) is 4.35. The summed E-state index contributed by atoms with van der Waals surface area (Å²) in [7, 11) is 2.15. The van der Waals surface area contributed by atoms with Gasteiger partial charge in [-0.15, -0.1) is 0 Å². The Morgan fingerprint density at radius 3 is 2.58 bits per heavy atom. The summed E-state index contributed by atoms with van der Waals surface area (Å²) in [5.74, 6) is 1.56. The highest BCUT2D eigenvalue weighted by Gasteiger charge is 2.11. The number of nitrogens with zero attached hydrogens (tertiary/aromatic N) is 3. The van der Waals surface area contributed by atoms with Crippen LogP contribution in [0.1, 0.15) is 50.2 Å². The summed E-state index contributed by atoms with van der Waals surface area (Å²) in [4.78, 5) is 6.79. The van der Waals surface area contributed by atoms with Gasteiger partial charge < -0.3 is 9.64 Å². The van der Waals surface area contributed by atoms with Crippen LogP contribution in [0.5, 0.6) is 10.9 Å². The number of rotatable bonds is 7. The SMILES string of the molecule is CCN(C)CCc1cc(C)c(Oc2nc(/C=C/C(C)(C)C)ns2)cc1C. The van der Waals surface area contributed by atoms with Gasteiger partial charge in [-0.2, -0.15) is 9.36 Å². The summed E-state index contributed by atoms with van der Waals surface area (Å²) in [6.07, 6.45) is 5.11. The maximum Gasteiger partial charge on any atom is 0.299 e. The highest BCUT2D eigenvalue weighted by Crippen LogP contribution is 2.29. The molecular weight excluding hydrogens is 342 g/mol. The van der Waals surface area contributed by atoms with E-state index in [1.165, 1.54) is 22.7 Å². The number of aromatic nitrogens is 2. The lowest BCUT2D eigenvalue weighted by Gasteiger charge is -2.16. The van der Waals surface area contributed by atoms with E-state index in [-0.39, 0.29) is 5.41 Å². The molecule has 2 aromatic rings. The van der Waals surface area contributed by atoms with Gasteiger partial charge in [0, 0.05) is 18.1 Å². The Balaban J connectivity index is 2.09. The van der Waals surface area contributed by atoms with Crippen molar-refractivity contribution < 1.29 is 4.74 Å². The van der Waals surface area contributed by atoms with Crippen molar-refractivity contribution in [3.8, 4) is 10.9 Å². The van der Waals surface area contributed by atoms with Gasteiger partial charge in [-0.05, 0) is 68.1 Å². The molecule has 142 valence electrons. The van der Waals surface area contributed by atoms with Crippen molar-refractivity contribution in [2.75, 3.05) is 20.1 Å². The van der Waals surface area contributed by atoms with Gasteiger partial charge in [0.15, 0.2) is 5.82 Å². The molecule has 5 heteroatoms. The molecule has 0 aliphatic carbocycles. The second-order valence-electron chi connectivity index (χ2n) is 7.91. The van der Waals surface area contributed by atoms with Gasteiger partial charge in [0.05, 0.1) is 0 Å². The van der Waals surface area contributed by atoms with Crippen LogP contribution in [0, 0.1) is 19.3 Å². The first kappa shape index (κ1) is 20.6. The molecule has 0 saturated heterocycles. The van der Waals surface area contributed by atoms with E-state index in [4.69, 9.17) is 4.74 Å². The standard InChI is InChI=1S/C21H31N3OS/c1-8-24(7)12-10-17-13-16(3)18(14-15(17)2)25-20-22-19(23-26-20)9-11-21(4,5)6/h9,11,13-14H,8,10,12H2,1-7H3/b11-9+. The zero-order chi connectivity index (χ0) is 19.3. The third-order valence-corrected chi connectivity index (χ3v) is 4.90. The highest BCUT2D eigenvalue weighted by molar-refractivity contribution is 7.07. The van der Waals surface area contributed by atoms with Gasteiger partial charge in [-0.25, -0.2) is 0 Å². The van der Waals surface area contributed by atoms with Crippen molar-refractivity contribution in [3.05, 3.63) is 40.7 Å². The van der Waals surface area contributed by atoms with Crippen LogP contribution in [0.3, 0.4) is 0 Å².